The van der Waals surface area contributed by atoms with Crippen LogP contribution in [0, 0.1) is 11.3 Å². The lowest BCUT2D eigenvalue weighted by Crippen LogP contribution is -2.25. The third-order valence-electron chi connectivity index (χ3n) is 4.25. The molecule has 7 nitrogen and oxygen atoms in total. The molecule has 1 aliphatic carbocycles. The topological polar surface area (TPSA) is 110 Å². The van der Waals surface area contributed by atoms with Gasteiger partial charge in [-0.25, -0.2) is 0 Å². The van der Waals surface area contributed by atoms with Crippen LogP contribution >= 0.6 is 23.1 Å². The largest absolute Gasteiger partial charge is 0.368 e. The number of aryl methyl sites for hydroxylation is 1. The molecule has 2 aromatic rings. The first kappa shape index (κ1) is 17.8. The zero-order chi connectivity index (χ0) is 18.0. The summed E-state index contributed by atoms with van der Waals surface area (Å²) in [6.07, 6.45) is 4.12. The third kappa shape index (κ3) is 3.37. The van der Waals surface area contributed by atoms with E-state index in [1.54, 1.807) is 11.5 Å². The predicted octanol–water partition coefficient (Wildman–Crippen LogP) is 2.98. The van der Waals surface area contributed by atoms with Crippen molar-refractivity contribution in [1.82, 2.24) is 14.8 Å². The molecule has 9 heteroatoms. The number of fused-ring (bicyclic) bond motifs is 1. The van der Waals surface area contributed by atoms with Crippen LogP contribution in [0.4, 0.5) is 10.9 Å². The summed E-state index contributed by atoms with van der Waals surface area (Å²) in [5.74, 6) is 0.798. The highest BCUT2D eigenvalue weighted by molar-refractivity contribution is 7.99. The first-order valence-electron chi connectivity index (χ1n) is 8.25. The fraction of sp³-hybridized carbons (Fsp3) is 0.500. The van der Waals surface area contributed by atoms with E-state index in [9.17, 15) is 10.1 Å². The monoisotopic (exact) mass is 376 g/mol. The van der Waals surface area contributed by atoms with Gasteiger partial charge in [0.2, 0.25) is 11.9 Å². The Morgan fingerprint density at radius 2 is 2.24 bits per heavy atom. The number of amides is 1. The van der Waals surface area contributed by atoms with Gasteiger partial charge in [0.05, 0.1) is 5.56 Å². The number of thiophene rings is 1. The first-order chi connectivity index (χ1) is 12.1. The molecule has 0 aromatic carbocycles. The van der Waals surface area contributed by atoms with Crippen LogP contribution in [-0.4, -0.2) is 26.4 Å². The second-order valence-electron chi connectivity index (χ2n) is 5.84. The minimum absolute atomic E-state index is 0.213. The second-order valence-corrected chi connectivity index (χ2v) is 8.17. The lowest BCUT2D eigenvalue weighted by molar-refractivity contribution is -0.118. The molecule has 132 valence electrons. The van der Waals surface area contributed by atoms with Crippen molar-refractivity contribution in [3.05, 3.63) is 16.0 Å². The average molecular weight is 377 g/mol. The molecule has 25 heavy (non-hydrogen) atoms. The summed E-state index contributed by atoms with van der Waals surface area (Å²) in [6, 6.07) is 1.70. The maximum Gasteiger partial charge on any atom is 0.248 e. The molecular weight excluding hydrogens is 356 g/mol. The maximum atomic E-state index is 12.7. The molecule has 0 fully saturated rings. The maximum absolute atomic E-state index is 12.7. The Kier molecular flexibility index (Phi) is 5.30. The average Bonchev–Trinajstić information content (AvgIpc) is 3.14. The number of nitrogens with two attached hydrogens (primary N) is 1. The SMILES string of the molecule is CCSc1nnc(N)n1C(C)C(=O)Nc1sc2c(c1C#N)CCCC2. The second kappa shape index (κ2) is 7.45. The van der Waals surface area contributed by atoms with Gasteiger partial charge in [0.25, 0.3) is 0 Å². The molecule has 0 saturated heterocycles. The highest BCUT2D eigenvalue weighted by Crippen LogP contribution is 2.38. The Bertz CT molecular complexity index is 835. The van der Waals surface area contributed by atoms with Crippen LogP contribution in [0.2, 0.25) is 0 Å². The van der Waals surface area contributed by atoms with Crippen LogP contribution in [0.25, 0.3) is 0 Å². The predicted molar refractivity (Wildman–Crippen MR) is 99.8 cm³/mol. The number of hydrogen-bond acceptors (Lipinski definition) is 7. The third-order valence-corrected chi connectivity index (χ3v) is 6.28. The number of hydrogen-bond donors (Lipinski definition) is 2. The smallest absolute Gasteiger partial charge is 0.248 e. The van der Waals surface area contributed by atoms with E-state index in [0.717, 1.165) is 37.0 Å². The number of nitrogens with one attached hydrogen (secondary N) is 1. The molecule has 0 spiro atoms. The standard InChI is InChI=1S/C16H20N6OS2/c1-3-24-16-21-20-15(18)22(16)9(2)13(23)19-14-11(8-17)10-6-4-5-7-12(10)25-14/h9H,3-7H2,1-2H3,(H2,18,20)(H,19,23). The molecule has 2 heterocycles. The number of carbonyl (C=O) groups is 1. The Morgan fingerprint density at radius 3 is 2.96 bits per heavy atom. The molecule has 0 aliphatic heterocycles. The zero-order valence-corrected chi connectivity index (χ0v) is 15.8. The van der Waals surface area contributed by atoms with Crippen LogP contribution in [0.3, 0.4) is 0 Å². The zero-order valence-electron chi connectivity index (χ0n) is 14.2. The van der Waals surface area contributed by atoms with Crippen molar-refractivity contribution in [3.63, 3.8) is 0 Å². The van der Waals surface area contributed by atoms with Crippen LogP contribution < -0.4 is 11.1 Å². The number of carbonyl (C=O) groups excluding carboxylic acids is 1. The number of nitrogen functional groups attached to an aromatic ring is 1. The van der Waals surface area contributed by atoms with Crippen molar-refractivity contribution in [1.29, 1.82) is 5.26 Å². The van der Waals surface area contributed by atoms with Crippen molar-refractivity contribution in [2.75, 3.05) is 16.8 Å². The molecule has 1 unspecified atom stereocenters. The van der Waals surface area contributed by atoms with Gasteiger partial charge in [-0.2, -0.15) is 5.26 Å². The Morgan fingerprint density at radius 1 is 1.48 bits per heavy atom. The van der Waals surface area contributed by atoms with Crippen molar-refractivity contribution in [2.24, 2.45) is 0 Å². The first-order valence-corrected chi connectivity index (χ1v) is 10.1. The summed E-state index contributed by atoms with van der Waals surface area (Å²) in [5, 5.41) is 21.6. The van der Waals surface area contributed by atoms with E-state index in [0.29, 0.717) is 15.7 Å². The summed E-state index contributed by atoms with van der Waals surface area (Å²) in [4.78, 5) is 14.0. The molecule has 1 atom stereocenters. The van der Waals surface area contributed by atoms with E-state index in [1.807, 2.05) is 6.92 Å². The number of thioether (sulfide) groups is 1. The van der Waals surface area contributed by atoms with Crippen LogP contribution in [0.1, 0.15) is 48.7 Å². The minimum Gasteiger partial charge on any atom is -0.368 e. The molecular formula is C16H20N6OS2. The molecule has 3 N–H and O–H groups in total. The number of nitrogens with zero attached hydrogens (tertiary/aromatic N) is 4. The molecule has 0 bridgehead atoms. The Hall–Kier alpha value is -2.05. The van der Waals surface area contributed by atoms with Gasteiger partial charge in [0, 0.05) is 4.88 Å². The van der Waals surface area contributed by atoms with E-state index in [2.05, 4.69) is 21.6 Å². The van der Waals surface area contributed by atoms with Crippen LogP contribution in [-0.2, 0) is 17.6 Å². The van der Waals surface area contributed by atoms with Crippen molar-refractivity contribution in [3.8, 4) is 6.07 Å². The van der Waals surface area contributed by atoms with E-state index >= 15 is 0 Å². The summed E-state index contributed by atoms with van der Waals surface area (Å²) in [7, 11) is 0. The number of anilines is 2. The summed E-state index contributed by atoms with van der Waals surface area (Å²) in [5.41, 5.74) is 7.60. The molecule has 2 aromatic heterocycles. The molecule has 0 radical (unpaired) electrons. The van der Waals surface area contributed by atoms with Crippen LogP contribution in [0.15, 0.2) is 5.16 Å². The van der Waals surface area contributed by atoms with Gasteiger partial charge in [-0.3, -0.25) is 9.36 Å². The molecule has 1 amide bonds. The van der Waals surface area contributed by atoms with Gasteiger partial charge in [-0.1, -0.05) is 18.7 Å². The highest BCUT2D eigenvalue weighted by atomic mass is 32.2. The summed E-state index contributed by atoms with van der Waals surface area (Å²) < 4.78 is 1.63. The highest BCUT2D eigenvalue weighted by Gasteiger charge is 2.26. The Balaban J connectivity index is 1.85. The van der Waals surface area contributed by atoms with Crippen molar-refractivity contribution in [2.45, 2.75) is 50.7 Å². The molecule has 1 aliphatic rings. The molecule has 3 rings (SSSR count). The fourth-order valence-corrected chi connectivity index (χ4v) is 4.98. The van der Waals surface area contributed by atoms with Crippen LogP contribution in [0.5, 0.6) is 0 Å². The fourth-order valence-electron chi connectivity index (χ4n) is 2.99. The normalized spacial score (nSPS) is 14.6. The van der Waals surface area contributed by atoms with Gasteiger partial charge in [-0.05, 0) is 43.9 Å². The lowest BCUT2D eigenvalue weighted by Gasteiger charge is -2.15. The van der Waals surface area contributed by atoms with E-state index in [1.165, 1.54) is 28.0 Å². The summed E-state index contributed by atoms with van der Waals surface area (Å²) in [6.45, 7) is 3.76. The number of rotatable bonds is 5. The summed E-state index contributed by atoms with van der Waals surface area (Å²) >= 11 is 3.00. The van der Waals surface area contributed by atoms with Gasteiger partial charge in [0.15, 0.2) is 5.16 Å². The van der Waals surface area contributed by atoms with E-state index < -0.39 is 6.04 Å². The number of aromatic nitrogens is 3. The minimum atomic E-state index is -0.560. The Labute approximate surface area is 154 Å². The van der Waals surface area contributed by atoms with Gasteiger partial charge in [0.1, 0.15) is 17.1 Å². The van der Waals surface area contributed by atoms with E-state index in [-0.39, 0.29) is 11.9 Å². The van der Waals surface area contributed by atoms with Crippen molar-refractivity contribution >= 4 is 40.0 Å². The van der Waals surface area contributed by atoms with Gasteiger partial charge in [-0.15, -0.1) is 21.5 Å². The van der Waals surface area contributed by atoms with Gasteiger partial charge >= 0.3 is 0 Å². The van der Waals surface area contributed by atoms with Crippen molar-refractivity contribution < 1.29 is 4.79 Å². The molecule has 0 saturated carbocycles. The quantitative estimate of drug-likeness (QED) is 0.776. The van der Waals surface area contributed by atoms with Gasteiger partial charge < -0.3 is 11.1 Å². The number of nitriles is 1. The van der Waals surface area contributed by atoms with E-state index in [4.69, 9.17) is 5.73 Å². The lowest BCUT2D eigenvalue weighted by atomic mass is 9.96.